The molecule has 2 aliphatic rings. The standard InChI is InChI=1S/C27H29N5O4S/c28-26(29)22-6-10-23(11-7-22)32-19-24(36-27(32)33)18-30-14-16-31(17-15-30)37(34,35)25-12-8-21(9-13-25)20-4-2-1-3-5-20/h1-13,24H,14-19H2,(H3,28,29). The van der Waals surface area contributed by atoms with Crippen LogP contribution in [0.1, 0.15) is 5.56 Å². The SMILES string of the molecule is N=C(N)c1ccc(N2CC(CN3CCN(S(=O)(=O)c4ccc(-c5ccccc5)cc4)CC3)OC2=O)cc1. The normalized spacial score (nSPS) is 19.1. The number of hydrogen-bond donors (Lipinski definition) is 2. The second-order valence-electron chi connectivity index (χ2n) is 9.17. The number of amidine groups is 1. The average molecular weight is 520 g/mol. The van der Waals surface area contributed by atoms with Crippen molar-refractivity contribution in [2.45, 2.75) is 11.0 Å². The lowest BCUT2D eigenvalue weighted by molar-refractivity contribution is 0.0937. The molecule has 0 aliphatic carbocycles. The molecule has 3 aromatic carbocycles. The number of nitrogen functional groups attached to an aromatic ring is 1. The van der Waals surface area contributed by atoms with Crippen molar-refractivity contribution in [3.8, 4) is 11.1 Å². The number of piperazine rings is 1. The lowest BCUT2D eigenvalue weighted by atomic mass is 10.1. The number of benzene rings is 3. The smallest absolute Gasteiger partial charge is 0.414 e. The minimum Gasteiger partial charge on any atom is -0.443 e. The number of anilines is 1. The van der Waals surface area contributed by atoms with Gasteiger partial charge in [0.25, 0.3) is 0 Å². The van der Waals surface area contributed by atoms with Crippen LogP contribution in [0.15, 0.2) is 83.8 Å². The number of nitrogens with zero attached hydrogens (tertiary/aromatic N) is 3. The Kier molecular flexibility index (Phi) is 6.96. The topological polar surface area (TPSA) is 120 Å². The Morgan fingerprint density at radius 1 is 0.892 bits per heavy atom. The molecule has 10 heteroatoms. The van der Waals surface area contributed by atoms with Crippen molar-refractivity contribution < 1.29 is 17.9 Å². The highest BCUT2D eigenvalue weighted by Crippen LogP contribution is 2.25. The van der Waals surface area contributed by atoms with Gasteiger partial charge in [-0.3, -0.25) is 15.2 Å². The molecular formula is C27H29N5O4S. The van der Waals surface area contributed by atoms with Crippen molar-refractivity contribution >= 4 is 27.6 Å². The van der Waals surface area contributed by atoms with Crippen LogP contribution >= 0.6 is 0 Å². The van der Waals surface area contributed by atoms with Gasteiger partial charge >= 0.3 is 6.09 Å². The summed E-state index contributed by atoms with van der Waals surface area (Å²) in [6.07, 6.45) is -0.727. The van der Waals surface area contributed by atoms with Gasteiger partial charge < -0.3 is 10.5 Å². The molecule has 0 saturated carbocycles. The number of amides is 1. The number of nitrogens with one attached hydrogen (secondary N) is 1. The van der Waals surface area contributed by atoms with E-state index < -0.39 is 16.1 Å². The van der Waals surface area contributed by atoms with E-state index in [1.54, 1.807) is 41.3 Å². The van der Waals surface area contributed by atoms with Crippen LogP contribution in [0.25, 0.3) is 11.1 Å². The first-order valence-electron chi connectivity index (χ1n) is 12.1. The fourth-order valence-corrected chi connectivity index (χ4v) is 6.11. The van der Waals surface area contributed by atoms with Gasteiger partial charge in [-0.25, -0.2) is 13.2 Å². The number of carbonyl (C=O) groups is 1. The first-order valence-corrected chi connectivity index (χ1v) is 13.6. The number of hydrogen-bond acceptors (Lipinski definition) is 6. The molecule has 3 N–H and O–H groups in total. The van der Waals surface area contributed by atoms with E-state index in [0.717, 1.165) is 11.1 Å². The molecular weight excluding hydrogens is 490 g/mol. The summed E-state index contributed by atoms with van der Waals surface area (Å²) in [7, 11) is -3.59. The van der Waals surface area contributed by atoms with Crippen molar-refractivity contribution in [1.29, 1.82) is 5.41 Å². The zero-order valence-corrected chi connectivity index (χ0v) is 21.1. The number of ether oxygens (including phenoxy) is 1. The van der Waals surface area contributed by atoms with Crippen LogP contribution in [-0.4, -0.2) is 74.9 Å². The molecule has 2 aliphatic heterocycles. The highest BCUT2D eigenvalue weighted by atomic mass is 32.2. The lowest BCUT2D eigenvalue weighted by Gasteiger charge is -2.34. The second kappa shape index (κ2) is 10.3. The summed E-state index contributed by atoms with van der Waals surface area (Å²) in [6.45, 7) is 2.81. The maximum absolute atomic E-state index is 13.2. The maximum Gasteiger partial charge on any atom is 0.414 e. The van der Waals surface area contributed by atoms with Crippen LogP contribution < -0.4 is 10.6 Å². The maximum atomic E-state index is 13.2. The number of sulfonamides is 1. The molecule has 0 bridgehead atoms. The summed E-state index contributed by atoms with van der Waals surface area (Å²) in [5.74, 6) is -0.0289. The number of cyclic esters (lactones) is 1. The number of nitrogens with two attached hydrogens (primary N) is 1. The molecule has 3 aromatic rings. The summed E-state index contributed by atoms with van der Waals surface area (Å²) in [4.78, 5) is 16.4. The fourth-order valence-electron chi connectivity index (χ4n) is 4.69. The van der Waals surface area contributed by atoms with Crippen molar-refractivity contribution in [2.75, 3.05) is 44.2 Å². The Morgan fingerprint density at radius 2 is 1.51 bits per heavy atom. The monoisotopic (exact) mass is 519 g/mol. The number of carbonyl (C=O) groups excluding carboxylic acids is 1. The van der Waals surface area contributed by atoms with Gasteiger partial charge in [0.2, 0.25) is 10.0 Å². The van der Waals surface area contributed by atoms with Crippen molar-refractivity contribution in [3.63, 3.8) is 0 Å². The van der Waals surface area contributed by atoms with Gasteiger partial charge in [0.15, 0.2) is 0 Å². The van der Waals surface area contributed by atoms with E-state index in [1.807, 2.05) is 42.5 Å². The van der Waals surface area contributed by atoms with E-state index in [0.29, 0.717) is 50.5 Å². The molecule has 0 aromatic heterocycles. The zero-order valence-electron chi connectivity index (χ0n) is 20.3. The Hall–Kier alpha value is -3.73. The van der Waals surface area contributed by atoms with Gasteiger partial charge in [0, 0.05) is 44.0 Å². The van der Waals surface area contributed by atoms with E-state index in [2.05, 4.69) is 4.90 Å². The quantitative estimate of drug-likeness (QED) is 0.366. The molecule has 2 heterocycles. The molecule has 1 atom stereocenters. The van der Waals surface area contributed by atoms with Crippen LogP contribution in [0.2, 0.25) is 0 Å². The Labute approximate surface area is 216 Å². The third-order valence-corrected chi connectivity index (χ3v) is 8.67. The third-order valence-electron chi connectivity index (χ3n) is 6.76. The minimum absolute atomic E-state index is 0.0289. The molecule has 37 heavy (non-hydrogen) atoms. The predicted octanol–water partition coefficient (Wildman–Crippen LogP) is 2.97. The Bertz CT molecular complexity index is 1370. The molecule has 2 saturated heterocycles. The van der Waals surface area contributed by atoms with Crippen molar-refractivity contribution in [1.82, 2.24) is 9.21 Å². The van der Waals surface area contributed by atoms with Gasteiger partial charge in [0.05, 0.1) is 11.4 Å². The zero-order chi connectivity index (χ0) is 26.0. The van der Waals surface area contributed by atoms with Gasteiger partial charge in [-0.2, -0.15) is 4.31 Å². The van der Waals surface area contributed by atoms with Crippen LogP contribution in [0, 0.1) is 5.41 Å². The van der Waals surface area contributed by atoms with Crippen LogP contribution in [0.3, 0.4) is 0 Å². The van der Waals surface area contributed by atoms with Crippen LogP contribution in [0.5, 0.6) is 0 Å². The van der Waals surface area contributed by atoms with Gasteiger partial charge in [0.1, 0.15) is 11.9 Å². The average Bonchev–Trinajstić information content (AvgIpc) is 3.29. The van der Waals surface area contributed by atoms with E-state index >= 15 is 0 Å². The minimum atomic E-state index is -3.59. The lowest BCUT2D eigenvalue weighted by Crippen LogP contribution is -2.50. The summed E-state index contributed by atoms with van der Waals surface area (Å²) in [6, 6.07) is 23.8. The second-order valence-corrected chi connectivity index (χ2v) is 11.1. The molecule has 0 spiro atoms. The first kappa shape index (κ1) is 24.9. The third kappa shape index (κ3) is 5.36. The van der Waals surface area contributed by atoms with Crippen molar-refractivity contribution in [3.05, 3.63) is 84.4 Å². The highest BCUT2D eigenvalue weighted by Gasteiger charge is 2.35. The van der Waals surface area contributed by atoms with Crippen molar-refractivity contribution in [2.24, 2.45) is 5.73 Å². The molecule has 9 nitrogen and oxygen atoms in total. The fraction of sp³-hybridized carbons (Fsp3) is 0.259. The Balaban J connectivity index is 1.16. The molecule has 1 amide bonds. The molecule has 0 radical (unpaired) electrons. The molecule has 192 valence electrons. The largest absolute Gasteiger partial charge is 0.443 e. The van der Waals surface area contributed by atoms with Crippen LogP contribution in [0.4, 0.5) is 10.5 Å². The van der Waals surface area contributed by atoms with Crippen LogP contribution in [-0.2, 0) is 14.8 Å². The summed E-state index contributed by atoms with van der Waals surface area (Å²) in [5.41, 5.74) is 8.79. The molecule has 5 rings (SSSR count). The predicted molar refractivity (Wildman–Crippen MR) is 142 cm³/mol. The molecule has 1 unspecified atom stereocenters. The first-order chi connectivity index (χ1) is 17.8. The van der Waals surface area contributed by atoms with Gasteiger partial charge in [-0.15, -0.1) is 0 Å². The number of rotatable bonds is 7. The van der Waals surface area contributed by atoms with E-state index in [-0.39, 0.29) is 16.8 Å². The molecule has 2 fully saturated rings. The summed E-state index contributed by atoms with van der Waals surface area (Å²) in [5, 5.41) is 7.50. The van der Waals surface area contributed by atoms with E-state index in [9.17, 15) is 13.2 Å². The summed E-state index contributed by atoms with van der Waals surface area (Å²) < 4.78 is 33.5. The van der Waals surface area contributed by atoms with Gasteiger partial charge in [-0.05, 0) is 47.5 Å². The Morgan fingerprint density at radius 3 is 2.14 bits per heavy atom. The van der Waals surface area contributed by atoms with E-state index in [1.165, 1.54) is 4.31 Å². The highest BCUT2D eigenvalue weighted by molar-refractivity contribution is 7.89. The van der Waals surface area contributed by atoms with E-state index in [4.69, 9.17) is 15.9 Å². The summed E-state index contributed by atoms with van der Waals surface area (Å²) >= 11 is 0. The van der Waals surface area contributed by atoms with Gasteiger partial charge in [-0.1, -0.05) is 42.5 Å².